The van der Waals surface area contributed by atoms with Crippen molar-refractivity contribution in [2.24, 2.45) is 0 Å². The van der Waals surface area contributed by atoms with Gasteiger partial charge in [-0.25, -0.2) is 4.98 Å². The summed E-state index contributed by atoms with van der Waals surface area (Å²) in [5, 5.41) is 8.71. The molecule has 1 aliphatic rings. The lowest BCUT2D eigenvalue weighted by Crippen LogP contribution is -2.36. The van der Waals surface area contributed by atoms with Crippen molar-refractivity contribution in [3.05, 3.63) is 60.6 Å². The molecule has 180 valence electrons. The van der Waals surface area contributed by atoms with E-state index in [2.05, 4.69) is 37.3 Å². The number of hydrogen-bond acceptors (Lipinski definition) is 8. The van der Waals surface area contributed by atoms with E-state index in [-0.39, 0.29) is 18.2 Å². The fraction of sp³-hybridized carbons (Fsp3) is 0.385. The van der Waals surface area contributed by atoms with Gasteiger partial charge < -0.3 is 10.2 Å². The second kappa shape index (κ2) is 9.87. The van der Waals surface area contributed by atoms with Gasteiger partial charge in [0, 0.05) is 41.1 Å². The summed E-state index contributed by atoms with van der Waals surface area (Å²) in [4.78, 5) is 33.3. The van der Waals surface area contributed by atoms with Crippen LogP contribution in [0, 0.1) is 0 Å². The lowest BCUT2D eigenvalue weighted by atomic mass is 10.1. The van der Waals surface area contributed by atoms with Crippen LogP contribution in [0.15, 0.2) is 49.3 Å². The first-order chi connectivity index (χ1) is 16.9. The molecule has 0 radical (unpaired) electrons. The number of fused-ring (bicyclic) bond motifs is 1. The van der Waals surface area contributed by atoms with Crippen LogP contribution in [0.4, 0.5) is 5.82 Å². The highest BCUT2D eigenvalue weighted by Crippen LogP contribution is 2.23. The van der Waals surface area contributed by atoms with Crippen LogP contribution in [0.5, 0.6) is 0 Å². The molecular weight excluding hydrogens is 440 g/mol. The number of piperidine rings is 1. The highest BCUT2D eigenvalue weighted by atomic mass is 16.1. The average molecular weight is 471 g/mol. The van der Waals surface area contributed by atoms with Gasteiger partial charge in [-0.15, -0.1) is 0 Å². The van der Waals surface area contributed by atoms with E-state index in [0.29, 0.717) is 17.3 Å². The lowest BCUT2D eigenvalue weighted by molar-refractivity contribution is 0.0992. The maximum absolute atomic E-state index is 12.8. The summed E-state index contributed by atoms with van der Waals surface area (Å²) >= 11 is 0. The first kappa shape index (κ1) is 23.0. The minimum Gasteiger partial charge on any atom is -0.366 e. The fourth-order valence-electron chi connectivity index (χ4n) is 4.28. The number of aromatic nitrogens is 6. The second-order valence-corrected chi connectivity index (χ2v) is 9.51. The Labute approximate surface area is 204 Å². The highest BCUT2D eigenvalue weighted by Gasteiger charge is 2.17. The van der Waals surface area contributed by atoms with E-state index in [0.717, 1.165) is 53.9 Å². The van der Waals surface area contributed by atoms with E-state index in [9.17, 15) is 4.79 Å². The Balaban J connectivity index is 1.34. The molecule has 0 spiro atoms. The van der Waals surface area contributed by atoms with Crippen molar-refractivity contribution < 1.29 is 4.79 Å². The Morgan fingerprint density at radius 1 is 1.09 bits per heavy atom. The summed E-state index contributed by atoms with van der Waals surface area (Å²) in [5.74, 6) is 0.770. The van der Waals surface area contributed by atoms with E-state index in [1.54, 1.807) is 41.9 Å². The van der Waals surface area contributed by atoms with E-state index >= 15 is 0 Å². The van der Waals surface area contributed by atoms with Gasteiger partial charge in [0.25, 0.3) is 0 Å². The van der Waals surface area contributed by atoms with Crippen molar-refractivity contribution in [2.45, 2.75) is 45.2 Å². The number of carbonyl (C=O) groups is 1. The number of likely N-dealkylation sites (tertiary alicyclic amines) is 1. The van der Waals surface area contributed by atoms with Crippen LogP contribution >= 0.6 is 0 Å². The maximum Gasteiger partial charge on any atom is 0.171 e. The van der Waals surface area contributed by atoms with Gasteiger partial charge in [0.2, 0.25) is 0 Å². The zero-order valence-corrected chi connectivity index (χ0v) is 20.3. The van der Waals surface area contributed by atoms with E-state index < -0.39 is 0 Å². The summed E-state index contributed by atoms with van der Waals surface area (Å²) in [6.07, 6.45) is 12.8. The van der Waals surface area contributed by atoms with Crippen molar-refractivity contribution in [3.8, 4) is 11.3 Å². The Bertz CT molecular complexity index is 1340. The third-order valence-electron chi connectivity index (χ3n) is 6.42. The highest BCUT2D eigenvalue weighted by molar-refractivity contribution is 5.97. The molecule has 0 bridgehead atoms. The number of nitrogens with one attached hydrogen (secondary N) is 1. The molecule has 0 unspecified atom stereocenters. The number of pyridine rings is 2. The topological polar surface area (TPSA) is 102 Å². The first-order valence-corrected chi connectivity index (χ1v) is 12.0. The molecule has 0 saturated carbocycles. The monoisotopic (exact) mass is 470 g/mol. The van der Waals surface area contributed by atoms with Crippen molar-refractivity contribution >= 4 is 22.5 Å². The van der Waals surface area contributed by atoms with Crippen LogP contribution in [0.3, 0.4) is 0 Å². The van der Waals surface area contributed by atoms with Crippen molar-refractivity contribution in [1.82, 2.24) is 34.6 Å². The number of carbonyl (C=O) groups excluding carboxylic acids is 1. The second-order valence-electron chi connectivity index (χ2n) is 9.51. The standard InChI is InChI=1S/C26H30N8O/c1-17(2)34-16-20(12-30-34)25(35)10-22-9-18-8-19(11-29-23(18)14-28-22)24-13-27-15-26(32-24)31-21-4-6-33(3)7-5-21/h8-9,11-17,21H,4-7,10H2,1-3H3,(H,31,32). The van der Waals surface area contributed by atoms with E-state index in [1.807, 2.05) is 26.0 Å². The molecule has 9 heteroatoms. The molecule has 1 fully saturated rings. The van der Waals surface area contributed by atoms with E-state index in [1.165, 1.54) is 0 Å². The molecule has 4 aromatic rings. The van der Waals surface area contributed by atoms with Crippen molar-refractivity contribution in [2.75, 3.05) is 25.5 Å². The third-order valence-corrected chi connectivity index (χ3v) is 6.42. The molecule has 9 nitrogen and oxygen atoms in total. The van der Waals surface area contributed by atoms with Crippen molar-refractivity contribution in [1.29, 1.82) is 0 Å². The van der Waals surface area contributed by atoms with Gasteiger partial charge in [-0.1, -0.05) is 0 Å². The van der Waals surface area contributed by atoms with Gasteiger partial charge in [0.05, 0.1) is 48.0 Å². The van der Waals surface area contributed by atoms with Crippen LogP contribution in [0.2, 0.25) is 0 Å². The number of ketones is 1. The summed E-state index contributed by atoms with van der Waals surface area (Å²) in [6, 6.07) is 4.56. The van der Waals surface area contributed by atoms with Gasteiger partial charge >= 0.3 is 0 Å². The molecule has 0 aromatic carbocycles. The number of nitrogens with zero attached hydrogens (tertiary/aromatic N) is 7. The Kier molecular flexibility index (Phi) is 6.50. The molecular formula is C26H30N8O. The van der Waals surface area contributed by atoms with Crippen LogP contribution in [-0.2, 0) is 6.42 Å². The Hall–Kier alpha value is -3.72. The summed E-state index contributed by atoms with van der Waals surface area (Å²) in [5.41, 5.74) is 3.69. The molecule has 35 heavy (non-hydrogen) atoms. The predicted octanol–water partition coefficient (Wildman–Crippen LogP) is 3.80. The molecule has 0 aliphatic carbocycles. The lowest BCUT2D eigenvalue weighted by Gasteiger charge is -2.29. The summed E-state index contributed by atoms with van der Waals surface area (Å²) in [7, 11) is 2.15. The van der Waals surface area contributed by atoms with Gasteiger partial charge in [0.1, 0.15) is 5.82 Å². The Morgan fingerprint density at radius 3 is 2.69 bits per heavy atom. The molecule has 5 rings (SSSR count). The first-order valence-electron chi connectivity index (χ1n) is 12.0. The average Bonchev–Trinajstić information content (AvgIpc) is 3.36. The molecule has 1 aliphatic heterocycles. The number of rotatable bonds is 7. The molecule has 0 atom stereocenters. The predicted molar refractivity (Wildman–Crippen MR) is 135 cm³/mol. The number of Topliss-reactive ketones (excluding diaryl/α,β-unsaturated/α-hetero) is 1. The third kappa shape index (κ3) is 5.35. The van der Waals surface area contributed by atoms with Crippen LogP contribution < -0.4 is 5.32 Å². The molecule has 5 heterocycles. The van der Waals surface area contributed by atoms with Gasteiger partial charge in [-0.05, 0) is 59.0 Å². The maximum atomic E-state index is 12.8. The normalized spacial score (nSPS) is 15.1. The van der Waals surface area contributed by atoms with Gasteiger partial charge in [-0.2, -0.15) is 5.10 Å². The molecule has 4 aromatic heterocycles. The van der Waals surface area contributed by atoms with E-state index in [4.69, 9.17) is 4.98 Å². The number of hydrogen-bond donors (Lipinski definition) is 1. The van der Waals surface area contributed by atoms with Gasteiger partial charge in [0.15, 0.2) is 5.78 Å². The largest absolute Gasteiger partial charge is 0.366 e. The quantitative estimate of drug-likeness (QED) is 0.407. The summed E-state index contributed by atoms with van der Waals surface area (Å²) < 4.78 is 1.79. The summed E-state index contributed by atoms with van der Waals surface area (Å²) in [6.45, 7) is 6.22. The van der Waals surface area contributed by atoms with Crippen LogP contribution in [0.25, 0.3) is 22.2 Å². The SMILES string of the molecule is CC(C)n1cc(C(=O)Cc2cc3cc(-c4cncc(NC5CCN(C)CC5)n4)cnc3cn2)cn1. The zero-order chi connectivity index (χ0) is 24.4. The van der Waals surface area contributed by atoms with Crippen LogP contribution in [-0.4, -0.2) is 66.6 Å². The zero-order valence-electron chi connectivity index (χ0n) is 20.3. The number of anilines is 1. The Morgan fingerprint density at radius 2 is 1.91 bits per heavy atom. The minimum atomic E-state index is -0.00795. The smallest absolute Gasteiger partial charge is 0.171 e. The minimum absolute atomic E-state index is 0.00795. The van der Waals surface area contributed by atoms with Gasteiger partial charge in [-0.3, -0.25) is 24.4 Å². The molecule has 1 N–H and O–H groups in total. The van der Waals surface area contributed by atoms with Crippen molar-refractivity contribution in [3.63, 3.8) is 0 Å². The molecule has 0 amide bonds. The molecule has 1 saturated heterocycles. The van der Waals surface area contributed by atoms with Crippen LogP contribution in [0.1, 0.15) is 48.8 Å². The fourth-order valence-corrected chi connectivity index (χ4v) is 4.28.